The lowest BCUT2D eigenvalue weighted by Crippen LogP contribution is -2.30. The van der Waals surface area contributed by atoms with E-state index < -0.39 is 34.1 Å². The van der Waals surface area contributed by atoms with E-state index in [-0.39, 0.29) is 20.5 Å². The minimum Gasteiger partial charge on any atom is -0.251 e. The van der Waals surface area contributed by atoms with Crippen LogP contribution in [0, 0.1) is 5.82 Å². The lowest BCUT2D eigenvalue weighted by molar-refractivity contribution is -0.140. The summed E-state index contributed by atoms with van der Waals surface area (Å²) in [4.78, 5) is 4.58. The Morgan fingerprint density at radius 3 is 2.41 bits per heavy atom. The monoisotopic (exact) mass is 500 g/mol. The van der Waals surface area contributed by atoms with Gasteiger partial charge in [-0.1, -0.05) is 47.2 Å². The number of alkyl halides is 3. The molecule has 0 unspecified atom stereocenters. The maximum atomic E-state index is 13.7. The summed E-state index contributed by atoms with van der Waals surface area (Å²) in [6, 6.07) is 13.1. The lowest BCUT2D eigenvalue weighted by atomic mass is 10.1. The number of hydrogen-bond donors (Lipinski definition) is 0. The number of thiophene rings is 1. The van der Waals surface area contributed by atoms with Crippen molar-refractivity contribution in [2.45, 2.75) is 17.6 Å². The number of benzene rings is 2. The molecule has 0 N–H and O–H groups in total. The Balaban J connectivity index is 1.88. The van der Waals surface area contributed by atoms with E-state index in [1.54, 1.807) is 18.2 Å². The molecule has 0 saturated heterocycles. The van der Waals surface area contributed by atoms with Crippen LogP contribution in [0.2, 0.25) is 5.02 Å². The molecule has 0 aliphatic rings. The van der Waals surface area contributed by atoms with Crippen LogP contribution in [0.15, 0.2) is 71.8 Å². The van der Waals surface area contributed by atoms with Crippen LogP contribution < -0.4 is 4.31 Å². The number of aromatic nitrogens is 1. The number of fused-ring (bicyclic) bond motifs is 1. The van der Waals surface area contributed by atoms with Crippen molar-refractivity contribution in [2.75, 3.05) is 4.31 Å². The summed E-state index contributed by atoms with van der Waals surface area (Å²) in [6.07, 6.45) is -3.41. The van der Waals surface area contributed by atoms with Gasteiger partial charge in [0.1, 0.15) is 15.6 Å². The highest BCUT2D eigenvalue weighted by Crippen LogP contribution is 2.43. The molecule has 0 amide bonds. The van der Waals surface area contributed by atoms with Crippen molar-refractivity contribution >= 4 is 48.2 Å². The van der Waals surface area contributed by atoms with E-state index in [4.69, 9.17) is 11.6 Å². The second-order valence-corrected chi connectivity index (χ2v) is 9.93. The molecule has 4 nitrogen and oxygen atoms in total. The number of anilines is 1. The maximum Gasteiger partial charge on any atom is 0.419 e. The van der Waals surface area contributed by atoms with Gasteiger partial charge in [0.15, 0.2) is 0 Å². The van der Waals surface area contributed by atoms with Gasteiger partial charge in [-0.2, -0.15) is 13.2 Å². The number of pyridine rings is 1. The third-order valence-corrected chi connectivity index (χ3v) is 8.12. The van der Waals surface area contributed by atoms with E-state index >= 15 is 0 Å². The van der Waals surface area contributed by atoms with E-state index in [1.807, 2.05) is 0 Å². The van der Waals surface area contributed by atoms with E-state index in [0.29, 0.717) is 22.3 Å². The minimum absolute atomic E-state index is 0.0558. The van der Waals surface area contributed by atoms with Crippen LogP contribution in [0.25, 0.3) is 10.2 Å². The van der Waals surface area contributed by atoms with Crippen molar-refractivity contribution < 1.29 is 26.0 Å². The minimum atomic E-state index is -4.93. The van der Waals surface area contributed by atoms with Crippen LogP contribution in [0.4, 0.5) is 22.6 Å². The van der Waals surface area contributed by atoms with Gasteiger partial charge >= 0.3 is 6.18 Å². The van der Waals surface area contributed by atoms with Crippen LogP contribution in [0.3, 0.4) is 0 Å². The molecule has 0 fully saturated rings. The molecule has 0 radical (unpaired) electrons. The van der Waals surface area contributed by atoms with Gasteiger partial charge in [-0.15, -0.1) is 0 Å². The fourth-order valence-electron chi connectivity index (χ4n) is 3.09. The van der Waals surface area contributed by atoms with Crippen molar-refractivity contribution in [3.63, 3.8) is 0 Å². The molecule has 0 atom stereocenters. The molecule has 2 aromatic carbocycles. The van der Waals surface area contributed by atoms with Gasteiger partial charge in [0.25, 0.3) is 10.0 Å². The van der Waals surface area contributed by atoms with E-state index in [0.717, 1.165) is 21.7 Å². The number of halogens is 5. The fourth-order valence-corrected chi connectivity index (χ4v) is 6.30. The Hall–Kier alpha value is -2.69. The molecule has 4 aromatic rings. The quantitative estimate of drug-likeness (QED) is 0.294. The van der Waals surface area contributed by atoms with Gasteiger partial charge in [-0.05, 0) is 42.0 Å². The molecule has 166 valence electrons. The highest BCUT2D eigenvalue weighted by molar-refractivity contribution is 7.93. The molecule has 32 heavy (non-hydrogen) atoms. The third-order valence-electron chi connectivity index (χ3n) is 4.61. The topological polar surface area (TPSA) is 50.3 Å². The van der Waals surface area contributed by atoms with Crippen LogP contribution in [-0.2, 0) is 22.7 Å². The summed E-state index contributed by atoms with van der Waals surface area (Å²) >= 11 is 7.46. The largest absolute Gasteiger partial charge is 0.419 e. The molecule has 2 heterocycles. The summed E-state index contributed by atoms with van der Waals surface area (Å²) in [5, 5.41) is 0.718. The fraction of sp³-hybridized carbons (Fsp3) is 0.0952. The number of hydrogen-bond acceptors (Lipinski definition) is 4. The smallest absolute Gasteiger partial charge is 0.251 e. The highest BCUT2D eigenvalue weighted by Gasteiger charge is 2.35. The van der Waals surface area contributed by atoms with E-state index in [1.165, 1.54) is 30.5 Å². The zero-order chi connectivity index (χ0) is 23.1. The van der Waals surface area contributed by atoms with Crippen LogP contribution in [-0.4, -0.2) is 13.4 Å². The first-order valence-electron chi connectivity index (χ1n) is 9.05. The summed E-state index contributed by atoms with van der Waals surface area (Å²) in [6.45, 7) is -0.493. The Kier molecular flexibility index (Phi) is 5.87. The summed E-state index contributed by atoms with van der Waals surface area (Å²) in [5.41, 5.74) is -1.53. The van der Waals surface area contributed by atoms with Gasteiger partial charge in [0, 0.05) is 11.6 Å². The predicted octanol–water partition coefficient (Wildman–Crippen LogP) is 6.50. The van der Waals surface area contributed by atoms with Gasteiger partial charge < -0.3 is 0 Å². The first-order valence-corrected chi connectivity index (χ1v) is 11.7. The molecule has 0 saturated carbocycles. The molecule has 11 heteroatoms. The zero-order valence-corrected chi connectivity index (χ0v) is 18.4. The highest BCUT2D eigenvalue weighted by atomic mass is 35.5. The average Bonchev–Trinajstić information content (AvgIpc) is 3.09. The molecule has 0 spiro atoms. The normalized spacial score (nSPS) is 12.3. The summed E-state index contributed by atoms with van der Waals surface area (Å²) in [5.74, 6) is -1.44. The van der Waals surface area contributed by atoms with Crippen molar-refractivity contribution in [1.82, 2.24) is 4.98 Å². The molecular weight excluding hydrogens is 488 g/mol. The van der Waals surface area contributed by atoms with Gasteiger partial charge in [0.05, 0.1) is 22.0 Å². The summed E-state index contributed by atoms with van der Waals surface area (Å²) < 4.78 is 81.2. The zero-order valence-electron chi connectivity index (χ0n) is 16.0. The standard InChI is InChI=1S/C21H13ClF4N2O2S2/c22-18-15-7-4-10-27-19(15)31-20(18)28(32(29,30)14-5-2-1-3-6-14)12-13-8-9-17(23)16(11-13)21(24,25)26/h1-11H,12H2. The number of sulfonamides is 1. The second kappa shape index (κ2) is 8.34. The number of nitrogens with zero attached hydrogens (tertiary/aromatic N) is 2. The van der Waals surface area contributed by atoms with E-state index in [9.17, 15) is 26.0 Å². The van der Waals surface area contributed by atoms with Crippen LogP contribution in [0.5, 0.6) is 0 Å². The van der Waals surface area contributed by atoms with Crippen molar-refractivity contribution in [3.8, 4) is 0 Å². The SMILES string of the molecule is O=S(=O)(c1ccccc1)N(Cc1ccc(F)c(C(F)(F)F)c1)c1sc2ncccc2c1Cl. The van der Waals surface area contributed by atoms with Crippen LogP contribution >= 0.6 is 22.9 Å². The Morgan fingerprint density at radius 2 is 1.75 bits per heavy atom. The Morgan fingerprint density at radius 1 is 1.03 bits per heavy atom. The average molecular weight is 501 g/mol. The van der Waals surface area contributed by atoms with Crippen molar-refractivity contribution in [3.05, 3.63) is 88.8 Å². The molecule has 4 rings (SSSR count). The summed E-state index contributed by atoms with van der Waals surface area (Å²) in [7, 11) is -4.22. The van der Waals surface area contributed by atoms with Crippen molar-refractivity contribution in [2.24, 2.45) is 0 Å². The second-order valence-electron chi connectivity index (χ2n) is 6.71. The third kappa shape index (κ3) is 4.17. The Bertz CT molecular complexity index is 1390. The van der Waals surface area contributed by atoms with Crippen molar-refractivity contribution in [1.29, 1.82) is 0 Å². The van der Waals surface area contributed by atoms with E-state index in [2.05, 4.69) is 4.98 Å². The molecule has 2 aromatic heterocycles. The molecular formula is C21H13ClF4N2O2S2. The van der Waals surface area contributed by atoms with Gasteiger partial charge in [-0.25, -0.2) is 17.8 Å². The van der Waals surface area contributed by atoms with Crippen LogP contribution in [0.1, 0.15) is 11.1 Å². The first kappa shape index (κ1) is 22.5. The molecule has 0 aliphatic heterocycles. The first-order chi connectivity index (χ1) is 15.1. The predicted molar refractivity (Wildman–Crippen MR) is 116 cm³/mol. The van der Waals surface area contributed by atoms with Gasteiger partial charge in [0.2, 0.25) is 0 Å². The van der Waals surface area contributed by atoms with Gasteiger partial charge in [-0.3, -0.25) is 4.31 Å². The molecule has 0 aliphatic carbocycles. The Labute approximate surface area is 189 Å². The maximum absolute atomic E-state index is 13.7. The molecule has 0 bridgehead atoms. The number of rotatable bonds is 5. The lowest BCUT2D eigenvalue weighted by Gasteiger charge is -2.24.